The van der Waals surface area contributed by atoms with E-state index >= 15 is 0 Å². The molecule has 1 aromatic carbocycles. The first kappa shape index (κ1) is 10.5. The molecule has 2 aromatic rings. The molecule has 0 aliphatic heterocycles. The van der Waals surface area contributed by atoms with Gasteiger partial charge in [-0.15, -0.1) is 0 Å². The molecule has 0 saturated heterocycles. The SMILES string of the molecule is Cc1ccc2c(c1)[n+](=O)c(C#N)c(Cl)n2[O-]. The first-order valence-electron chi connectivity index (χ1n) is 4.41. The first-order valence-corrected chi connectivity index (χ1v) is 4.79. The van der Waals surface area contributed by atoms with Crippen molar-refractivity contribution in [3.05, 3.63) is 44.7 Å². The fourth-order valence-corrected chi connectivity index (χ4v) is 1.68. The molecule has 0 fully saturated rings. The van der Waals surface area contributed by atoms with E-state index in [4.69, 9.17) is 16.9 Å². The predicted molar refractivity (Wildman–Crippen MR) is 58.5 cm³/mol. The van der Waals surface area contributed by atoms with Crippen molar-refractivity contribution in [2.75, 3.05) is 0 Å². The highest BCUT2D eigenvalue weighted by molar-refractivity contribution is 6.30. The lowest BCUT2D eigenvalue weighted by molar-refractivity contribution is -0.468. The van der Waals surface area contributed by atoms with Crippen molar-refractivity contribution in [1.29, 1.82) is 5.26 Å². The molecule has 1 heterocycles. The molecule has 6 heteroatoms. The van der Waals surface area contributed by atoms with Crippen LogP contribution in [-0.4, -0.2) is 4.73 Å². The second-order valence-corrected chi connectivity index (χ2v) is 3.69. The zero-order valence-corrected chi connectivity index (χ0v) is 9.02. The van der Waals surface area contributed by atoms with Crippen molar-refractivity contribution in [3.8, 4) is 6.07 Å². The van der Waals surface area contributed by atoms with E-state index in [-0.39, 0.29) is 11.0 Å². The largest absolute Gasteiger partial charge is 0.804 e. The van der Waals surface area contributed by atoms with Crippen molar-refractivity contribution >= 4 is 22.6 Å². The third-order valence-corrected chi connectivity index (χ3v) is 2.58. The van der Waals surface area contributed by atoms with Crippen molar-refractivity contribution in [3.63, 3.8) is 0 Å². The first-order chi connectivity index (χ1) is 7.56. The number of fused-ring (bicyclic) bond motifs is 1. The number of hydrogen-bond donors (Lipinski definition) is 0. The second kappa shape index (κ2) is 3.51. The molecule has 0 spiro atoms. The molecule has 0 saturated carbocycles. The summed E-state index contributed by atoms with van der Waals surface area (Å²) in [6.45, 7) is 1.79. The maximum absolute atomic E-state index is 11.7. The molecule has 2 rings (SSSR count). The van der Waals surface area contributed by atoms with Crippen LogP contribution in [0.5, 0.6) is 0 Å². The van der Waals surface area contributed by atoms with Gasteiger partial charge in [0.15, 0.2) is 11.2 Å². The molecule has 0 aliphatic carbocycles. The molecule has 0 amide bonds. The lowest BCUT2D eigenvalue weighted by atomic mass is 10.2. The third-order valence-electron chi connectivity index (χ3n) is 2.25. The van der Waals surface area contributed by atoms with Crippen LogP contribution >= 0.6 is 11.6 Å². The van der Waals surface area contributed by atoms with E-state index in [1.165, 1.54) is 12.1 Å². The minimum Gasteiger partial charge on any atom is -0.804 e. The average Bonchev–Trinajstić information content (AvgIpc) is 2.27. The number of aromatic nitrogens is 2. The van der Waals surface area contributed by atoms with Gasteiger partial charge < -0.3 is 9.94 Å². The van der Waals surface area contributed by atoms with Crippen LogP contribution in [0.2, 0.25) is 5.15 Å². The molecular formula is C10H6ClN3O2. The molecule has 0 radical (unpaired) electrons. The van der Waals surface area contributed by atoms with Crippen molar-refractivity contribution in [2.24, 2.45) is 0 Å². The lowest BCUT2D eigenvalue weighted by Gasteiger charge is -2.13. The van der Waals surface area contributed by atoms with Gasteiger partial charge in [0, 0.05) is 11.0 Å². The highest BCUT2D eigenvalue weighted by Crippen LogP contribution is 2.18. The molecule has 0 N–H and O–H groups in total. The molecule has 1 aromatic heterocycles. The van der Waals surface area contributed by atoms with Crippen LogP contribution in [-0.2, 0) is 0 Å². The summed E-state index contributed by atoms with van der Waals surface area (Å²) in [7, 11) is 0. The Bertz CT molecular complexity index is 685. The normalized spacial score (nSPS) is 10.3. The van der Waals surface area contributed by atoms with E-state index in [9.17, 15) is 10.1 Å². The van der Waals surface area contributed by atoms with E-state index < -0.39 is 10.8 Å². The Balaban J connectivity index is 3.10. The van der Waals surface area contributed by atoms with Crippen LogP contribution in [0.25, 0.3) is 11.0 Å². The molecule has 16 heavy (non-hydrogen) atoms. The van der Waals surface area contributed by atoms with Gasteiger partial charge in [0.25, 0.3) is 5.52 Å². The molecule has 0 atom stereocenters. The van der Waals surface area contributed by atoms with Crippen LogP contribution in [0.3, 0.4) is 0 Å². The highest BCUT2D eigenvalue weighted by atomic mass is 35.5. The Labute approximate surface area is 95.3 Å². The minimum absolute atomic E-state index is 0.135. The fraction of sp³-hybridized carbons (Fsp3) is 0.100. The summed E-state index contributed by atoms with van der Waals surface area (Å²) in [6.07, 6.45) is 0. The summed E-state index contributed by atoms with van der Waals surface area (Å²) in [5.74, 6) is 0. The Hall–Kier alpha value is -2.06. The van der Waals surface area contributed by atoms with Gasteiger partial charge in [-0.3, -0.25) is 0 Å². The van der Waals surface area contributed by atoms with Gasteiger partial charge in [0.05, 0.1) is 4.43 Å². The summed E-state index contributed by atoms with van der Waals surface area (Å²) in [6, 6.07) is 6.34. The molecule has 0 unspecified atom stereocenters. The van der Waals surface area contributed by atoms with E-state index in [1.807, 2.05) is 0 Å². The van der Waals surface area contributed by atoms with Gasteiger partial charge in [-0.25, -0.2) is 0 Å². The van der Waals surface area contributed by atoms with Gasteiger partial charge in [-0.2, -0.15) is 5.26 Å². The van der Waals surface area contributed by atoms with E-state index in [1.54, 1.807) is 19.1 Å². The third kappa shape index (κ3) is 1.32. The molecule has 5 nitrogen and oxygen atoms in total. The molecule has 0 aliphatic rings. The molecular weight excluding hydrogens is 230 g/mol. The average molecular weight is 236 g/mol. The number of rotatable bonds is 0. The van der Waals surface area contributed by atoms with Crippen LogP contribution in [0.1, 0.15) is 11.3 Å². The minimum atomic E-state index is -0.408. The van der Waals surface area contributed by atoms with Gasteiger partial charge in [0.2, 0.25) is 0 Å². The quantitative estimate of drug-likeness (QED) is 0.653. The van der Waals surface area contributed by atoms with Gasteiger partial charge in [-0.1, -0.05) is 17.7 Å². The van der Waals surface area contributed by atoms with Crippen LogP contribution in [0.4, 0.5) is 0 Å². The van der Waals surface area contributed by atoms with E-state index in [2.05, 4.69) is 0 Å². The van der Waals surface area contributed by atoms with Crippen molar-refractivity contribution in [1.82, 2.24) is 4.73 Å². The monoisotopic (exact) mass is 235 g/mol. The Kier molecular flexibility index (Phi) is 2.29. The Morgan fingerprint density at radius 3 is 2.88 bits per heavy atom. The maximum Gasteiger partial charge on any atom is 0.374 e. The predicted octanol–water partition coefficient (Wildman–Crippen LogP) is 1.74. The topological polar surface area (TPSA) is 74.8 Å². The van der Waals surface area contributed by atoms with Crippen molar-refractivity contribution in [2.45, 2.75) is 6.92 Å². The summed E-state index contributed by atoms with van der Waals surface area (Å²) < 4.78 is 0.752. The number of benzene rings is 1. The summed E-state index contributed by atoms with van der Waals surface area (Å²) in [5, 5.41) is 20.0. The number of hydrogen-bond acceptors (Lipinski definition) is 3. The highest BCUT2D eigenvalue weighted by Gasteiger charge is 2.20. The molecule has 0 bridgehead atoms. The van der Waals surface area contributed by atoms with E-state index in [0.29, 0.717) is 9.16 Å². The van der Waals surface area contributed by atoms with Gasteiger partial charge in [0.1, 0.15) is 5.52 Å². The Morgan fingerprint density at radius 2 is 2.25 bits per heavy atom. The van der Waals surface area contributed by atoms with Crippen molar-refractivity contribution < 1.29 is 4.43 Å². The maximum atomic E-state index is 11.7. The summed E-state index contributed by atoms with van der Waals surface area (Å²) in [4.78, 5) is 11.7. The fourth-order valence-electron chi connectivity index (χ4n) is 1.47. The van der Waals surface area contributed by atoms with Crippen LogP contribution < -0.4 is 4.43 Å². The Morgan fingerprint density at radius 1 is 1.56 bits per heavy atom. The van der Waals surface area contributed by atoms with Gasteiger partial charge in [-0.05, 0) is 18.6 Å². The lowest BCUT2D eigenvalue weighted by Crippen LogP contribution is -2.23. The number of halogens is 1. The number of nitriles is 1. The van der Waals surface area contributed by atoms with Gasteiger partial charge >= 0.3 is 5.69 Å². The number of aryl methyl sites for hydroxylation is 1. The standard InChI is InChI=1S/C10H6ClN3O2/c1-6-2-3-7-8(4-6)13(15)9(5-12)10(11)14(7)16/h2-4H,1H3. The van der Waals surface area contributed by atoms with E-state index in [0.717, 1.165) is 5.56 Å². The zero-order chi connectivity index (χ0) is 11.9. The smallest absolute Gasteiger partial charge is 0.374 e. The molecule has 80 valence electrons. The number of nitrogens with zero attached hydrogens (tertiary/aromatic N) is 3. The summed E-state index contributed by atoms with van der Waals surface area (Å²) in [5.41, 5.74) is 0.707. The van der Waals surface area contributed by atoms with Crippen LogP contribution in [0, 0.1) is 28.4 Å². The summed E-state index contributed by atoms with van der Waals surface area (Å²) >= 11 is 5.62. The zero-order valence-electron chi connectivity index (χ0n) is 8.27. The second-order valence-electron chi connectivity index (χ2n) is 3.33. The van der Waals surface area contributed by atoms with Crippen LogP contribution in [0.15, 0.2) is 18.2 Å².